The molecule has 0 saturated heterocycles. The molecular formula is C25H21N3O4. The topological polar surface area (TPSA) is 83.9 Å². The average molecular weight is 427 g/mol. The van der Waals surface area contributed by atoms with Crippen LogP contribution in [0.1, 0.15) is 22.3 Å². The minimum atomic E-state index is -0.941. The second kappa shape index (κ2) is 6.75. The number of ether oxygens (including phenoxy) is 3. The Morgan fingerprint density at radius 3 is 2.59 bits per heavy atom. The van der Waals surface area contributed by atoms with Crippen molar-refractivity contribution < 1.29 is 19.0 Å². The third-order valence-electron chi connectivity index (χ3n) is 6.54. The van der Waals surface area contributed by atoms with E-state index in [0.29, 0.717) is 30.2 Å². The fourth-order valence-electron chi connectivity index (χ4n) is 4.94. The van der Waals surface area contributed by atoms with Crippen LogP contribution in [0.15, 0.2) is 60.7 Å². The van der Waals surface area contributed by atoms with E-state index in [-0.39, 0.29) is 18.5 Å². The predicted octanol–water partition coefficient (Wildman–Crippen LogP) is 3.19. The number of amidine groups is 1. The van der Waals surface area contributed by atoms with Crippen LogP contribution in [-0.2, 0) is 16.8 Å². The Kier molecular flexibility index (Phi) is 3.95. The highest BCUT2D eigenvalue weighted by atomic mass is 16.7. The molecule has 3 aliphatic heterocycles. The Balaban J connectivity index is 1.50. The van der Waals surface area contributed by atoms with Crippen LogP contribution in [0.25, 0.3) is 0 Å². The van der Waals surface area contributed by atoms with Gasteiger partial charge in [0.25, 0.3) is 0 Å². The van der Waals surface area contributed by atoms with Gasteiger partial charge >= 0.3 is 0 Å². The van der Waals surface area contributed by atoms with Gasteiger partial charge in [0.05, 0.1) is 13.7 Å². The van der Waals surface area contributed by atoms with E-state index >= 15 is 0 Å². The lowest BCUT2D eigenvalue weighted by Gasteiger charge is -2.36. The van der Waals surface area contributed by atoms with E-state index in [0.717, 1.165) is 28.1 Å². The summed E-state index contributed by atoms with van der Waals surface area (Å²) in [4.78, 5) is 16.0. The van der Waals surface area contributed by atoms with E-state index in [9.17, 15) is 4.79 Å². The summed E-state index contributed by atoms with van der Waals surface area (Å²) in [6.45, 7) is 0.895. The van der Waals surface area contributed by atoms with Crippen LogP contribution in [0, 0.1) is 5.41 Å². The van der Waals surface area contributed by atoms with Gasteiger partial charge < -0.3 is 24.4 Å². The Hall–Kier alpha value is -4.00. The molecule has 3 aliphatic rings. The van der Waals surface area contributed by atoms with E-state index in [2.05, 4.69) is 5.32 Å². The van der Waals surface area contributed by atoms with Crippen molar-refractivity contribution in [3.8, 4) is 17.2 Å². The van der Waals surface area contributed by atoms with Crippen molar-refractivity contribution in [3.63, 3.8) is 0 Å². The standard InChI is InChI=1S/C25H21N3O4/c1-30-16-8-6-15(7-9-16)12-28-20-5-3-2-4-18(20)25(24(28)29)13-27-23(26)17-10-21-22(11-19(17)25)32-14-31-21/h2-11H,12-14H2,1H3,(H2,26,27). The first-order chi connectivity index (χ1) is 15.6. The van der Waals surface area contributed by atoms with Crippen molar-refractivity contribution in [1.29, 1.82) is 5.41 Å². The van der Waals surface area contributed by atoms with Crippen LogP contribution in [0.5, 0.6) is 17.2 Å². The highest BCUT2D eigenvalue weighted by Gasteiger charge is 2.55. The summed E-state index contributed by atoms with van der Waals surface area (Å²) in [5.74, 6) is 2.24. The van der Waals surface area contributed by atoms with Crippen molar-refractivity contribution in [3.05, 3.63) is 82.9 Å². The number of carbonyl (C=O) groups is 1. The molecule has 2 N–H and O–H groups in total. The summed E-state index contributed by atoms with van der Waals surface area (Å²) in [7, 11) is 1.63. The Labute approximate surface area is 185 Å². The summed E-state index contributed by atoms with van der Waals surface area (Å²) in [6.07, 6.45) is 0. The number of hydrogen-bond donors (Lipinski definition) is 2. The molecule has 160 valence electrons. The molecule has 7 heteroatoms. The lowest BCUT2D eigenvalue weighted by atomic mass is 9.71. The molecule has 7 nitrogen and oxygen atoms in total. The van der Waals surface area contributed by atoms with Crippen LogP contribution in [-0.4, -0.2) is 32.2 Å². The van der Waals surface area contributed by atoms with Crippen LogP contribution in [0.3, 0.4) is 0 Å². The van der Waals surface area contributed by atoms with Crippen molar-refractivity contribution in [2.45, 2.75) is 12.0 Å². The van der Waals surface area contributed by atoms with Crippen molar-refractivity contribution in [2.24, 2.45) is 0 Å². The van der Waals surface area contributed by atoms with Gasteiger partial charge in [-0.15, -0.1) is 0 Å². The number of rotatable bonds is 3. The van der Waals surface area contributed by atoms with E-state index in [1.807, 2.05) is 59.5 Å². The van der Waals surface area contributed by atoms with Gasteiger partial charge in [0, 0.05) is 17.8 Å². The molecule has 1 amide bonds. The monoisotopic (exact) mass is 427 g/mol. The maximum absolute atomic E-state index is 14.2. The molecule has 0 aromatic heterocycles. The van der Waals surface area contributed by atoms with Gasteiger partial charge in [-0.2, -0.15) is 0 Å². The van der Waals surface area contributed by atoms with Gasteiger partial charge in [-0.3, -0.25) is 10.2 Å². The van der Waals surface area contributed by atoms with E-state index < -0.39 is 5.41 Å². The first-order valence-electron chi connectivity index (χ1n) is 10.4. The largest absolute Gasteiger partial charge is 0.497 e. The molecule has 3 aromatic carbocycles. The maximum atomic E-state index is 14.2. The molecule has 0 saturated carbocycles. The number of benzene rings is 3. The van der Waals surface area contributed by atoms with E-state index in [1.54, 1.807) is 13.2 Å². The lowest BCUT2D eigenvalue weighted by molar-refractivity contribution is -0.121. The number of methoxy groups -OCH3 is 1. The molecule has 1 spiro atoms. The molecule has 0 radical (unpaired) electrons. The summed E-state index contributed by atoms with van der Waals surface area (Å²) in [5, 5.41) is 11.6. The summed E-state index contributed by atoms with van der Waals surface area (Å²) in [5.41, 5.74) is 3.32. The second-order valence-electron chi connectivity index (χ2n) is 8.14. The molecule has 0 bridgehead atoms. The minimum absolute atomic E-state index is 0.0189. The zero-order valence-electron chi connectivity index (χ0n) is 17.5. The normalized spacial score (nSPS) is 20.2. The van der Waals surface area contributed by atoms with Gasteiger partial charge in [0.2, 0.25) is 12.7 Å². The Morgan fingerprint density at radius 2 is 1.81 bits per heavy atom. The highest BCUT2D eigenvalue weighted by molar-refractivity contribution is 6.14. The highest BCUT2D eigenvalue weighted by Crippen LogP contribution is 2.51. The molecule has 3 aromatic rings. The van der Waals surface area contributed by atoms with E-state index in [1.165, 1.54) is 0 Å². The predicted molar refractivity (Wildman–Crippen MR) is 119 cm³/mol. The van der Waals surface area contributed by atoms with Gasteiger partial charge in [0.1, 0.15) is 17.0 Å². The molecule has 1 unspecified atom stereocenters. The summed E-state index contributed by atoms with van der Waals surface area (Å²) < 4.78 is 16.4. The Bertz CT molecular complexity index is 1270. The zero-order chi connectivity index (χ0) is 21.9. The first kappa shape index (κ1) is 18.7. The fraction of sp³-hybridized carbons (Fsp3) is 0.200. The van der Waals surface area contributed by atoms with Gasteiger partial charge in [-0.05, 0) is 47.0 Å². The number of nitrogens with one attached hydrogen (secondary N) is 2. The number of hydrogen-bond acceptors (Lipinski definition) is 5. The summed E-state index contributed by atoms with van der Waals surface area (Å²) in [6, 6.07) is 19.3. The maximum Gasteiger partial charge on any atom is 0.244 e. The first-order valence-corrected chi connectivity index (χ1v) is 10.4. The smallest absolute Gasteiger partial charge is 0.244 e. The van der Waals surface area contributed by atoms with Gasteiger partial charge in [-0.25, -0.2) is 0 Å². The summed E-state index contributed by atoms with van der Waals surface area (Å²) >= 11 is 0. The number of para-hydroxylation sites is 1. The van der Waals surface area contributed by atoms with Crippen LogP contribution in [0.4, 0.5) is 5.69 Å². The number of amides is 1. The third-order valence-corrected chi connectivity index (χ3v) is 6.54. The number of carbonyl (C=O) groups excluding carboxylic acids is 1. The zero-order valence-corrected chi connectivity index (χ0v) is 17.5. The fourth-order valence-corrected chi connectivity index (χ4v) is 4.94. The van der Waals surface area contributed by atoms with Crippen LogP contribution >= 0.6 is 0 Å². The second-order valence-corrected chi connectivity index (χ2v) is 8.14. The van der Waals surface area contributed by atoms with Gasteiger partial charge in [-0.1, -0.05) is 30.3 Å². The number of fused-ring (bicyclic) bond motifs is 5. The molecule has 3 heterocycles. The molecule has 32 heavy (non-hydrogen) atoms. The van der Waals surface area contributed by atoms with Gasteiger partial charge in [0.15, 0.2) is 11.5 Å². The molecular weight excluding hydrogens is 406 g/mol. The van der Waals surface area contributed by atoms with Crippen molar-refractivity contribution >= 4 is 17.4 Å². The van der Waals surface area contributed by atoms with Crippen molar-refractivity contribution in [1.82, 2.24) is 5.32 Å². The quantitative estimate of drug-likeness (QED) is 0.671. The average Bonchev–Trinajstić information content (AvgIpc) is 3.38. The van der Waals surface area contributed by atoms with E-state index in [4.69, 9.17) is 19.6 Å². The number of nitrogens with zero attached hydrogens (tertiary/aromatic N) is 1. The molecule has 0 aliphatic carbocycles. The third kappa shape index (κ3) is 2.48. The minimum Gasteiger partial charge on any atom is -0.497 e. The van der Waals surface area contributed by atoms with Crippen LogP contribution < -0.4 is 24.4 Å². The van der Waals surface area contributed by atoms with Crippen molar-refractivity contribution in [2.75, 3.05) is 25.3 Å². The molecule has 6 rings (SSSR count). The lowest BCUT2D eigenvalue weighted by Crippen LogP contribution is -2.53. The molecule has 1 atom stereocenters. The Morgan fingerprint density at radius 1 is 1.06 bits per heavy atom. The van der Waals surface area contributed by atoms with Crippen LogP contribution in [0.2, 0.25) is 0 Å². The molecule has 0 fully saturated rings. The SMILES string of the molecule is COc1ccc(CN2C(=O)C3(CNC(=N)c4cc5c(cc43)OCO5)c3ccccc32)cc1. The number of anilines is 1.